The fourth-order valence-corrected chi connectivity index (χ4v) is 5.87. The van der Waals surface area contributed by atoms with Gasteiger partial charge in [-0.25, -0.2) is 9.37 Å². The third kappa shape index (κ3) is 5.59. The highest BCUT2D eigenvalue weighted by Gasteiger charge is 2.30. The summed E-state index contributed by atoms with van der Waals surface area (Å²) in [5.41, 5.74) is 1.05. The van der Waals surface area contributed by atoms with Crippen LogP contribution < -0.4 is 0 Å². The number of carbonyl (C=O) groups is 2. The molecule has 1 atom stereocenters. The first-order valence-corrected chi connectivity index (χ1v) is 13.7. The number of hydrogen-bond acceptors (Lipinski definition) is 9. The molecule has 1 saturated heterocycles. The van der Waals surface area contributed by atoms with Crippen LogP contribution in [0.1, 0.15) is 35.3 Å². The monoisotopic (exact) mass is 541 g/mol. The number of carbonyl (C=O) groups excluding carboxylic acids is 2. The summed E-state index contributed by atoms with van der Waals surface area (Å²) in [7, 11) is 0. The molecule has 9 nitrogen and oxygen atoms in total. The number of halogens is 1. The Morgan fingerprint density at radius 1 is 1.24 bits per heavy atom. The van der Waals surface area contributed by atoms with Gasteiger partial charge in [0.25, 0.3) is 5.91 Å². The van der Waals surface area contributed by atoms with E-state index in [9.17, 15) is 14.0 Å². The highest BCUT2D eigenvalue weighted by molar-refractivity contribution is 7.98. The second kappa shape index (κ2) is 11.3. The Balaban J connectivity index is 1.30. The van der Waals surface area contributed by atoms with Crippen molar-refractivity contribution >= 4 is 35.0 Å². The van der Waals surface area contributed by atoms with E-state index in [0.717, 1.165) is 17.8 Å². The molecule has 1 fully saturated rings. The van der Waals surface area contributed by atoms with Crippen molar-refractivity contribution in [2.24, 2.45) is 5.92 Å². The molecule has 0 radical (unpaired) electrons. The first-order valence-electron chi connectivity index (χ1n) is 11.8. The van der Waals surface area contributed by atoms with E-state index in [-0.39, 0.29) is 23.6 Å². The van der Waals surface area contributed by atoms with Crippen molar-refractivity contribution in [2.45, 2.75) is 30.7 Å². The van der Waals surface area contributed by atoms with Gasteiger partial charge in [-0.2, -0.15) is 0 Å². The zero-order valence-corrected chi connectivity index (χ0v) is 21.6. The van der Waals surface area contributed by atoms with Crippen LogP contribution in [-0.4, -0.2) is 56.2 Å². The molecular formula is C25H24FN5O4S2. The SMILES string of the molecule is CCOC(=O)C1CCCN(C(=O)c2csc(CSc3nnc(-c4ccco4)n3-c3ccc(F)cc3)n2)C1. The molecule has 1 unspecified atom stereocenters. The molecule has 5 rings (SSSR count). The summed E-state index contributed by atoms with van der Waals surface area (Å²) in [6.07, 6.45) is 3.02. The molecule has 12 heteroatoms. The molecule has 0 saturated carbocycles. The van der Waals surface area contributed by atoms with E-state index in [1.165, 1.54) is 35.2 Å². The molecule has 4 heterocycles. The number of esters is 1. The number of nitrogens with zero attached hydrogens (tertiary/aromatic N) is 5. The quantitative estimate of drug-likeness (QED) is 0.231. The fraction of sp³-hybridized carbons (Fsp3) is 0.320. The number of thiazole rings is 1. The Morgan fingerprint density at radius 3 is 2.84 bits per heavy atom. The summed E-state index contributed by atoms with van der Waals surface area (Å²) < 4.78 is 26.0. The molecule has 4 aromatic rings. The number of furan rings is 1. The van der Waals surface area contributed by atoms with E-state index >= 15 is 0 Å². The number of aromatic nitrogens is 4. The third-order valence-electron chi connectivity index (χ3n) is 5.88. The minimum Gasteiger partial charge on any atom is -0.466 e. The Labute approximate surface area is 220 Å². The number of rotatable bonds is 8. The molecule has 1 aromatic carbocycles. The Hall–Kier alpha value is -3.51. The van der Waals surface area contributed by atoms with E-state index in [2.05, 4.69) is 15.2 Å². The zero-order valence-electron chi connectivity index (χ0n) is 20.0. The van der Waals surface area contributed by atoms with Crippen molar-refractivity contribution in [3.05, 3.63) is 64.6 Å². The lowest BCUT2D eigenvalue weighted by atomic mass is 9.98. The Kier molecular flexibility index (Phi) is 7.65. The van der Waals surface area contributed by atoms with Crippen LogP contribution >= 0.6 is 23.1 Å². The lowest BCUT2D eigenvalue weighted by molar-refractivity contribution is -0.149. The van der Waals surface area contributed by atoms with Crippen LogP contribution in [0.5, 0.6) is 0 Å². The van der Waals surface area contributed by atoms with Gasteiger partial charge in [-0.3, -0.25) is 14.2 Å². The van der Waals surface area contributed by atoms with Gasteiger partial charge in [-0.1, -0.05) is 11.8 Å². The number of likely N-dealkylation sites (tertiary alicyclic amines) is 1. The Bertz CT molecular complexity index is 1370. The predicted molar refractivity (Wildman–Crippen MR) is 136 cm³/mol. The van der Waals surface area contributed by atoms with E-state index in [4.69, 9.17) is 9.15 Å². The van der Waals surface area contributed by atoms with Gasteiger partial charge in [-0.15, -0.1) is 21.5 Å². The predicted octanol–water partition coefficient (Wildman–Crippen LogP) is 4.83. The molecule has 1 amide bonds. The third-order valence-corrected chi connectivity index (χ3v) is 7.86. The first-order chi connectivity index (χ1) is 18.0. The molecule has 0 aliphatic carbocycles. The van der Waals surface area contributed by atoms with Crippen LogP contribution in [-0.2, 0) is 15.3 Å². The zero-order chi connectivity index (χ0) is 25.8. The topological polar surface area (TPSA) is 103 Å². The normalized spacial score (nSPS) is 15.6. The van der Waals surface area contributed by atoms with Gasteiger partial charge in [0.05, 0.1) is 30.2 Å². The maximum Gasteiger partial charge on any atom is 0.310 e. The number of thioether (sulfide) groups is 1. The highest BCUT2D eigenvalue weighted by atomic mass is 32.2. The summed E-state index contributed by atoms with van der Waals surface area (Å²) in [4.78, 5) is 31.4. The second-order valence-electron chi connectivity index (χ2n) is 8.35. The van der Waals surface area contributed by atoms with Gasteiger partial charge in [0.2, 0.25) is 5.82 Å². The molecule has 3 aromatic heterocycles. The molecule has 0 bridgehead atoms. The molecule has 192 valence electrons. The average Bonchev–Trinajstić information content (AvgIpc) is 3.69. The van der Waals surface area contributed by atoms with Gasteiger partial charge < -0.3 is 14.1 Å². The van der Waals surface area contributed by atoms with E-state index in [1.54, 1.807) is 52.3 Å². The minimum absolute atomic E-state index is 0.184. The molecule has 0 N–H and O–H groups in total. The summed E-state index contributed by atoms with van der Waals surface area (Å²) in [5.74, 6) is 0.413. The fourth-order valence-electron chi connectivity index (χ4n) is 4.13. The van der Waals surface area contributed by atoms with Crippen molar-refractivity contribution in [3.8, 4) is 17.3 Å². The van der Waals surface area contributed by atoms with Crippen LogP contribution in [0.25, 0.3) is 17.3 Å². The van der Waals surface area contributed by atoms with Gasteiger partial charge in [-0.05, 0) is 56.2 Å². The lowest BCUT2D eigenvalue weighted by Gasteiger charge is -2.31. The average molecular weight is 542 g/mol. The summed E-state index contributed by atoms with van der Waals surface area (Å²) >= 11 is 2.79. The van der Waals surface area contributed by atoms with Crippen LogP contribution in [0.2, 0.25) is 0 Å². The van der Waals surface area contributed by atoms with Crippen molar-refractivity contribution in [2.75, 3.05) is 19.7 Å². The van der Waals surface area contributed by atoms with E-state index < -0.39 is 0 Å². The van der Waals surface area contributed by atoms with Crippen molar-refractivity contribution in [1.29, 1.82) is 0 Å². The summed E-state index contributed by atoms with van der Waals surface area (Å²) in [5, 5.41) is 11.7. The number of amides is 1. The van der Waals surface area contributed by atoms with Gasteiger partial charge in [0, 0.05) is 18.5 Å². The van der Waals surface area contributed by atoms with Crippen molar-refractivity contribution < 1.29 is 23.1 Å². The van der Waals surface area contributed by atoms with Crippen LogP contribution in [0, 0.1) is 11.7 Å². The Morgan fingerprint density at radius 2 is 2.08 bits per heavy atom. The van der Waals surface area contributed by atoms with Gasteiger partial charge in [0.1, 0.15) is 16.5 Å². The van der Waals surface area contributed by atoms with Crippen LogP contribution in [0.15, 0.2) is 57.6 Å². The lowest BCUT2D eigenvalue weighted by Crippen LogP contribution is -2.43. The smallest absolute Gasteiger partial charge is 0.310 e. The minimum atomic E-state index is -0.340. The van der Waals surface area contributed by atoms with E-state index in [1.807, 2.05) is 0 Å². The molecule has 1 aliphatic rings. The maximum atomic E-state index is 13.5. The molecule has 1 aliphatic heterocycles. The standard InChI is InChI=1S/C25H24FN5O4S2/c1-2-34-24(33)16-5-3-11-30(13-16)23(32)19-14-36-21(27-19)15-37-25-29-28-22(20-6-4-12-35-20)31(25)18-9-7-17(26)8-10-18/h4,6-10,12,14,16H,2-3,5,11,13,15H2,1H3. The molecule has 0 spiro atoms. The van der Waals surface area contributed by atoms with Crippen LogP contribution in [0.4, 0.5) is 4.39 Å². The number of piperidine rings is 1. The molecular weight excluding hydrogens is 517 g/mol. The van der Waals surface area contributed by atoms with Gasteiger partial charge in [0.15, 0.2) is 10.9 Å². The summed E-state index contributed by atoms with van der Waals surface area (Å²) in [6.45, 7) is 3.04. The highest BCUT2D eigenvalue weighted by Crippen LogP contribution is 2.31. The van der Waals surface area contributed by atoms with Crippen molar-refractivity contribution in [1.82, 2.24) is 24.6 Å². The molecule has 37 heavy (non-hydrogen) atoms. The second-order valence-corrected chi connectivity index (χ2v) is 10.2. The summed E-state index contributed by atoms with van der Waals surface area (Å²) in [6, 6.07) is 9.60. The van der Waals surface area contributed by atoms with Crippen LogP contribution in [0.3, 0.4) is 0 Å². The largest absolute Gasteiger partial charge is 0.466 e. The number of benzene rings is 1. The number of ether oxygens (including phenoxy) is 1. The first kappa shape index (κ1) is 25.2. The number of hydrogen-bond donors (Lipinski definition) is 0. The maximum absolute atomic E-state index is 13.5. The van der Waals surface area contributed by atoms with Crippen molar-refractivity contribution in [3.63, 3.8) is 0 Å². The van der Waals surface area contributed by atoms with E-state index in [0.29, 0.717) is 53.6 Å². The van der Waals surface area contributed by atoms with Gasteiger partial charge >= 0.3 is 5.97 Å².